The van der Waals surface area contributed by atoms with Gasteiger partial charge in [-0.1, -0.05) is 12.1 Å². The van der Waals surface area contributed by atoms with Gasteiger partial charge in [0, 0.05) is 37.7 Å². The zero-order valence-electron chi connectivity index (χ0n) is 22.7. The molecule has 3 atom stereocenters. The number of pyridine rings is 2. The molecule has 1 saturated heterocycles. The van der Waals surface area contributed by atoms with Gasteiger partial charge in [-0.25, -0.2) is 14.4 Å². The molecule has 2 aromatic heterocycles. The molecule has 0 aromatic carbocycles. The molecule has 2 aliphatic rings. The minimum Gasteiger partial charge on any atom is -0.475 e. The monoisotopic (exact) mass is 667 g/mol. The van der Waals surface area contributed by atoms with Crippen LogP contribution >= 0.6 is 0 Å². The van der Waals surface area contributed by atoms with Crippen LogP contribution in [-0.4, -0.2) is 98.0 Å². The van der Waals surface area contributed by atoms with Crippen molar-refractivity contribution in [3.63, 3.8) is 0 Å². The largest absolute Gasteiger partial charge is 0.490 e. The molecule has 20 heteroatoms. The minimum atomic E-state index is -5.08. The van der Waals surface area contributed by atoms with Crippen molar-refractivity contribution in [3.8, 4) is 0 Å². The Balaban J connectivity index is 0.000000396. The van der Waals surface area contributed by atoms with Crippen molar-refractivity contribution >= 4 is 17.9 Å². The zero-order chi connectivity index (χ0) is 34.4. The lowest BCUT2D eigenvalue weighted by atomic mass is 10.1. The maximum absolute atomic E-state index is 10.6. The normalized spacial score (nSPS) is 19.7. The number of morpholine rings is 1. The first kappa shape index (κ1) is 39.0. The van der Waals surface area contributed by atoms with Crippen LogP contribution in [-0.2, 0) is 37.0 Å². The summed E-state index contributed by atoms with van der Waals surface area (Å²) in [5.41, 5.74) is 2.24. The molecular formula is C25H26F9N3O8. The van der Waals surface area contributed by atoms with Crippen LogP contribution in [0.25, 0.3) is 0 Å². The molecule has 11 nitrogen and oxygen atoms in total. The number of carbonyl (C=O) groups is 3. The van der Waals surface area contributed by atoms with E-state index in [1.54, 1.807) is 0 Å². The number of aliphatic carboxylic acids is 3. The van der Waals surface area contributed by atoms with E-state index in [1.165, 1.54) is 5.56 Å². The third-order valence-electron chi connectivity index (χ3n) is 5.66. The molecule has 3 heterocycles. The third kappa shape index (κ3) is 15.0. The number of nitrogens with zero attached hydrogens (tertiary/aromatic N) is 3. The number of carboxylic acid groups (broad SMARTS) is 3. The van der Waals surface area contributed by atoms with Gasteiger partial charge in [-0.2, -0.15) is 39.5 Å². The highest BCUT2D eigenvalue weighted by Crippen LogP contribution is 2.33. The Hall–Kier alpha value is -4.04. The van der Waals surface area contributed by atoms with Crippen LogP contribution in [0.2, 0.25) is 0 Å². The number of halogens is 9. The zero-order valence-corrected chi connectivity index (χ0v) is 22.7. The number of hydrogen-bond donors (Lipinski definition) is 3. The summed E-state index contributed by atoms with van der Waals surface area (Å²) < 4.78 is 107. The summed E-state index contributed by atoms with van der Waals surface area (Å²) in [6.45, 7) is 3.24. The summed E-state index contributed by atoms with van der Waals surface area (Å²) in [5.74, 6) is -8.27. The number of rotatable bonds is 5. The van der Waals surface area contributed by atoms with E-state index in [-0.39, 0.29) is 12.2 Å². The van der Waals surface area contributed by atoms with Gasteiger partial charge in [0.1, 0.15) is 0 Å². The van der Waals surface area contributed by atoms with E-state index >= 15 is 0 Å². The second-order valence-corrected chi connectivity index (χ2v) is 8.89. The molecule has 0 bridgehead atoms. The van der Waals surface area contributed by atoms with Crippen molar-refractivity contribution in [1.29, 1.82) is 0 Å². The summed E-state index contributed by atoms with van der Waals surface area (Å²) in [4.78, 5) is 37.8. The molecule has 252 valence electrons. The van der Waals surface area contributed by atoms with Crippen LogP contribution < -0.4 is 0 Å². The maximum atomic E-state index is 10.6. The molecule has 4 rings (SSSR count). The molecule has 2 aromatic rings. The van der Waals surface area contributed by atoms with E-state index in [1.807, 2.05) is 42.9 Å². The Labute approximate surface area is 248 Å². The fourth-order valence-corrected chi connectivity index (χ4v) is 3.77. The number of fused-ring (bicyclic) bond motifs is 1. The van der Waals surface area contributed by atoms with Crippen molar-refractivity contribution in [2.45, 2.75) is 62.8 Å². The average Bonchev–Trinajstić information content (AvgIpc) is 3.37. The van der Waals surface area contributed by atoms with Gasteiger partial charge in [0.25, 0.3) is 0 Å². The van der Waals surface area contributed by atoms with Gasteiger partial charge < -0.3 is 24.8 Å². The highest BCUT2D eigenvalue weighted by molar-refractivity contribution is 5.73. The first-order valence-corrected chi connectivity index (χ1v) is 12.4. The van der Waals surface area contributed by atoms with Crippen molar-refractivity contribution in [1.82, 2.24) is 14.9 Å². The van der Waals surface area contributed by atoms with Crippen molar-refractivity contribution in [2.24, 2.45) is 0 Å². The second-order valence-electron chi connectivity index (χ2n) is 8.89. The molecule has 1 aliphatic carbocycles. The average molecular weight is 667 g/mol. The van der Waals surface area contributed by atoms with Crippen LogP contribution in [0.4, 0.5) is 39.5 Å². The SMILES string of the molecule is O=C(O)C(F)(F)F.O=C(O)C(F)(F)F.O=C(O)C(F)(F)F.c1ccc(CO[C@@H]2CC[C@H]3[C@H]2OCCN3Cc2cccnc2)nc1. The van der Waals surface area contributed by atoms with Gasteiger partial charge >= 0.3 is 36.4 Å². The van der Waals surface area contributed by atoms with Gasteiger partial charge in [-0.05, 0) is 36.6 Å². The van der Waals surface area contributed by atoms with Gasteiger partial charge in [0.15, 0.2) is 0 Å². The minimum absolute atomic E-state index is 0.161. The highest BCUT2D eigenvalue weighted by atomic mass is 19.4. The predicted octanol–water partition coefficient (Wildman–Crippen LogP) is 4.33. The second kappa shape index (κ2) is 17.4. The number of aromatic nitrogens is 2. The number of carboxylic acids is 3. The third-order valence-corrected chi connectivity index (χ3v) is 5.66. The Bertz CT molecular complexity index is 1140. The number of alkyl halides is 9. The summed E-state index contributed by atoms with van der Waals surface area (Å²) in [7, 11) is 0. The van der Waals surface area contributed by atoms with E-state index in [0.717, 1.165) is 38.2 Å². The summed E-state index contributed by atoms with van der Waals surface area (Å²) in [6, 6.07) is 10.5. The lowest BCUT2D eigenvalue weighted by Crippen LogP contribution is -2.51. The van der Waals surface area contributed by atoms with E-state index in [9.17, 15) is 39.5 Å². The Kier molecular flexibility index (Phi) is 15.1. The number of ether oxygens (including phenoxy) is 2. The molecule has 3 N–H and O–H groups in total. The van der Waals surface area contributed by atoms with Gasteiger partial charge in [0.05, 0.1) is 31.1 Å². The maximum Gasteiger partial charge on any atom is 0.490 e. The van der Waals surface area contributed by atoms with E-state index in [2.05, 4.69) is 20.9 Å². The van der Waals surface area contributed by atoms with Crippen LogP contribution in [0.5, 0.6) is 0 Å². The predicted molar refractivity (Wildman–Crippen MR) is 131 cm³/mol. The summed E-state index contributed by atoms with van der Waals surface area (Å²) in [5, 5.41) is 21.4. The Morgan fingerprint density at radius 1 is 0.844 bits per heavy atom. The molecular weight excluding hydrogens is 641 g/mol. The quantitative estimate of drug-likeness (QED) is 0.390. The van der Waals surface area contributed by atoms with E-state index < -0.39 is 36.4 Å². The van der Waals surface area contributed by atoms with E-state index in [4.69, 9.17) is 39.2 Å². The number of hydrogen-bond acceptors (Lipinski definition) is 8. The van der Waals surface area contributed by atoms with Gasteiger partial charge in [-0.3, -0.25) is 14.9 Å². The molecule has 0 radical (unpaired) electrons. The first-order chi connectivity index (χ1) is 20.7. The molecule has 45 heavy (non-hydrogen) atoms. The van der Waals surface area contributed by atoms with E-state index in [0.29, 0.717) is 12.6 Å². The lowest BCUT2D eigenvalue weighted by Gasteiger charge is -2.39. The smallest absolute Gasteiger partial charge is 0.475 e. The molecule has 2 fully saturated rings. The Morgan fingerprint density at radius 3 is 1.84 bits per heavy atom. The van der Waals surface area contributed by atoms with Crippen LogP contribution in [0.15, 0.2) is 48.9 Å². The van der Waals surface area contributed by atoms with Crippen LogP contribution in [0.3, 0.4) is 0 Å². The fraction of sp³-hybridized carbons (Fsp3) is 0.480. The molecule has 0 spiro atoms. The molecule has 1 aliphatic heterocycles. The van der Waals surface area contributed by atoms with Crippen molar-refractivity contribution in [3.05, 3.63) is 60.2 Å². The summed E-state index contributed by atoms with van der Waals surface area (Å²) in [6.07, 6.45) is -7.17. The first-order valence-electron chi connectivity index (χ1n) is 12.4. The van der Waals surface area contributed by atoms with Crippen molar-refractivity contribution < 1.29 is 78.7 Å². The topological polar surface area (TPSA) is 159 Å². The lowest BCUT2D eigenvalue weighted by molar-refractivity contribution is -0.193. The van der Waals surface area contributed by atoms with Crippen LogP contribution in [0, 0.1) is 0 Å². The van der Waals surface area contributed by atoms with Crippen LogP contribution in [0.1, 0.15) is 24.1 Å². The summed E-state index contributed by atoms with van der Waals surface area (Å²) >= 11 is 0. The van der Waals surface area contributed by atoms with Crippen molar-refractivity contribution in [2.75, 3.05) is 13.2 Å². The standard InChI is InChI=1S/C19H23N3O2.3C2HF3O2/c1-2-9-21-16(5-1)14-24-18-7-6-17-19(18)23-11-10-22(17)13-15-4-3-8-20-12-15;3*3-2(4,5)1(6)7/h1-5,8-9,12,17-19H,6-7,10-11,13-14H2;3*(H,6,7)/t17-,18+,19+;;;/m0.../s1. The molecule has 1 saturated carbocycles. The van der Waals surface area contributed by atoms with Gasteiger partial charge in [0.2, 0.25) is 0 Å². The molecule has 0 amide bonds. The Morgan fingerprint density at radius 2 is 1.40 bits per heavy atom. The highest BCUT2D eigenvalue weighted by Gasteiger charge is 2.43. The van der Waals surface area contributed by atoms with Gasteiger partial charge in [-0.15, -0.1) is 0 Å². The fourth-order valence-electron chi connectivity index (χ4n) is 3.77. The molecule has 0 unspecified atom stereocenters.